The molecule has 2 atom stereocenters. The fourth-order valence-electron chi connectivity index (χ4n) is 2.52. The van der Waals surface area contributed by atoms with Gasteiger partial charge in [-0.05, 0) is 37.5 Å². The van der Waals surface area contributed by atoms with Crippen LogP contribution in [0.4, 0.5) is 4.39 Å². The molecule has 1 aromatic carbocycles. The van der Waals surface area contributed by atoms with E-state index in [2.05, 4.69) is 12.2 Å². The standard InChI is InChI=1S/C16H23FN2O2/c1-3-10-21-11-4-9-19-15(18-12(2)16(19)20)13-5-7-14(17)8-6-13/h5-8,12,15,18H,3-4,9-11H2,1-2H3. The number of nitrogens with one attached hydrogen (secondary N) is 1. The first-order chi connectivity index (χ1) is 10.1. The lowest BCUT2D eigenvalue weighted by atomic mass is 10.1. The van der Waals surface area contributed by atoms with E-state index in [1.807, 2.05) is 11.8 Å². The Hall–Kier alpha value is -1.46. The van der Waals surface area contributed by atoms with Crippen molar-refractivity contribution in [2.45, 2.75) is 38.9 Å². The van der Waals surface area contributed by atoms with Gasteiger partial charge in [-0.3, -0.25) is 10.1 Å². The first-order valence-electron chi connectivity index (χ1n) is 7.53. The van der Waals surface area contributed by atoms with Crippen LogP contribution in [-0.2, 0) is 9.53 Å². The van der Waals surface area contributed by atoms with Gasteiger partial charge in [-0.15, -0.1) is 0 Å². The van der Waals surface area contributed by atoms with Crippen LogP contribution in [0.2, 0.25) is 0 Å². The number of halogens is 1. The van der Waals surface area contributed by atoms with E-state index in [4.69, 9.17) is 4.74 Å². The molecule has 2 unspecified atom stereocenters. The molecule has 1 saturated heterocycles. The average Bonchev–Trinajstić information content (AvgIpc) is 2.76. The molecule has 0 spiro atoms. The number of amides is 1. The second kappa shape index (κ2) is 7.52. The summed E-state index contributed by atoms with van der Waals surface area (Å²) in [4.78, 5) is 14.0. The first-order valence-corrected chi connectivity index (χ1v) is 7.53. The summed E-state index contributed by atoms with van der Waals surface area (Å²) in [5.41, 5.74) is 0.906. The van der Waals surface area contributed by atoms with Gasteiger partial charge in [0.1, 0.15) is 12.0 Å². The van der Waals surface area contributed by atoms with Crippen molar-refractivity contribution in [3.63, 3.8) is 0 Å². The fraction of sp³-hybridized carbons (Fsp3) is 0.562. The Kier molecular flexibility index (Phi) is 5.70. The maximum atomic E-state index is 13.0. The molecule has 0 aliphatic carbocycles. The normalized spacial score (nSPS) is 22.0. The van der Waals surface area contributed by atoms with Crippen LogP contribution in [0.1, 0.15) is 38.4 Å². The smallest absolute Gasteiger partial charge is 0.241 e. The van der Waals surface area contributed by atoms with Crippen LogP contribution in [-0.4, -0.2) is 36.6 Å². The number of rotatable bonds is 7. The van der Waals surface area contributed by atoms with Gasteiger partial charge in [0.05, 0.1) is 6.04 Å². The number of hydrogen-bond donors (Lipinski definition) is 1. The Labute approximate surface area is 125 Å². The van der Waals surface area contributed by atoms with E-state index in [1.54, 1.807) is 12.1 Å². The van der Waals surface area contributed by atoms with E-state index in [9.17, 15) is 9.18 Å². The molecule has 1 fully saturated rings. The highest BCUT2D eigenvalue weighted by atomic mass is 19.1. The van der Waals surface area contributed by atoms with Crippen LogP contribution in [0, 0.1) is 5.82 Å². The summed E-state index contributed by atoms with van der Waals surface area (Å²) in [6, 6.07) is 6.08. The summed E-state index contributed by atoms with van der Waals surface area (Å²) in [7, 11) is 0. The van der Waals surface area contributed by atoms with Gasteiger partial charge in [0.2, 0.25) is 5.91 Å². The zero-order valence-corrected chi connectivity index (χ0v) is 12.6. The van der Waals surface area contributed by atoms with Gasteiger partial charge in [-0.2, -0.15) is 0 Å². The maximum Gasteiger partial charge on any atom is 0.241 e. The molecule has 21 heavy (non-hydrogen) atoms. The topological polar surface area (TPSA) is 41.6 Å². The van der Waals surface area contributed by atoms with Crippen molar-refractivity contribution in [1.82, 2.24) is 10.2 Å². The van der Waals surface area contributed by atoms with E-state index in [1.165, 1.54) is 12.1 Å². The Bertz CT molecular complexity index is 464. The lowest BCUT2D eigenvalue weighted by Gasteiger charge is -2.24. The van der Waals surface area contributed by atoms with Gasteiger partial charge >= 0.3 is 0 Å². The van der Waals surface area contributed by atoms with Crippen molar-refractivity contribution in [3.05, 3.63) is 35.6 Å². The highest BCUT2D eigenvalue weighted by Crippen LogP contribution is 2.25. The molecule has 1 heterocycles. The predicted molar refractivity (Wildman–Crippen MR) is 79.2 cm³/mol. The minimum atomic E-state index is -0.268. The minimum absolute atomic E-state index is 0.0832. The molecule has 0 radical (unpaired) electrons. The second-order valence-corrected chi connectivity index (χ2v) is 5.34. The maximum absolute atomic E-state index is 13.0. The molecule has 4 nitrogen and oxygen atoms in total. The lowest BCUT2D eigenvalue weighted by molar-refractivity contribution is -0.130. The molecule has 0 saturated carbocycles. The van der Waals surface area contributed by atoms with Crippen molar-refractivity contribution in [2.24, 2.45) is 0 Å². The van der Waals surface area contributed by atoms with Gasteiger partial charge in [-0.1, -0.05) is 19.1 Å². The van der Waals surface area contributed by atoms with Crippen LogP contribution < -0.4 is 5.32 Å². The molecule has 0 aromatic heterocycles. The number of benzene rings is 1. The number of nitrogens with zero attached hydrogens (tertiary/aromatic N) is 1. The van der Waals surface area contributed by atoms with Crippen LogP contribution >= 0.6 is 0 Å². The van der Waals surface area contributed by atoms with Gasteiger partial charge in [0, 0.05) is 19.8 Å². The van der Waals surface area contributed by atoms with Crippen LogP contribution in [0.15, 0.2) is 24.3 Å². The minimum Gasteiger partial charge on any atom is -0.381 e. The molecule has 1 aliphatic heterocycles. The van der Waals surface area contributed by atoms with Crippen LogP contribution in [0.3, 0.4) is 0 Å². The molecule has 116 valence electrons. The van der Waals surface area contributed by atoms with Crippen molar-refractivity contribution >= 4 is 5.91 Å². The number of hydrogen-bond acceptors (Lipinski definition) is 3. The predicted octanol–water partition coefficient (Wildman–Crippen LogP) is 2.46. The molecule has 1 aliphatic rings. The molecule has 1 amide bonds. The van der Waals surface area contributed by atoms with E-state index in [-0.39, 0.29) is 23.9 Å². The summed E-state index contributed by atoms with van der Waals surface area (Å²) in [6.07, 6.45) is 1.62. The van der Waals surface area contributed by atoms with Crippen molar-refractivity contribution in [1.29, 1.82) is 0 Å². The van der Waals surface area contributed by atoms with Crippen LogP contribution in [0.5, 0.6) is 0 Å². The highest BCUT2D eigenvalue weighted by Gasteiger charge is 2.36. The summed E-state index contributed by atoms with van der Waals surface area (Å²) >= 11 is 0. The fourth-order valence-corrected chi connectivity index (χ4v) is 2.52. The Morgan fingerprint density at radius 1 is 1.29 bits per heavy atom. The Morgan fingerprint density at radius 2 is 2.00 bits per heavy atom. The molecular formula is C16H23FN2O2. The van der Waals surface area contributed by atoms with Gasteiger partial charge in [0.15, 0.2) is 0 Å². The summed E-state index contributed by atoms with van der Waals surface area (Å²) in [5.74, 6) is -0.185. The third kappa shape index (κ3) is 4.02. The van der Waals surface area contributed by atoms with E-state index in [0.29, 0.717) is 13.2 Å². The molecule has 2 rings (SSSR count). The zero-order valence-electron chi connectivity index (χ0n) is 12.6. The van der Waals surface area contributed by atoms with Gasteiger partial charge < -0.3 is 9.64 Å². The third-order valence-electron chi connectivity index (χ3n) is 3.59. The Balaban J connectivity index is 1.98. The van der Waals surface area contributed by atoms with Gasteiger partial charge in [-0.25, -0.2) is 4.39 Å². The zero-order chi connectivity index (χ0) is 15.2. The van der Waals surface area contributed by atoms with Crippen molar-refractivity contribution < 1.29 is 13.9 Å². The van der Waals surface area contributed by atoms with E-state index in [0.717, 1.165) is 25.0 Å². The highest BCUT2D eigenvalue weighted by molar-refractivity contribution is 5.84. The monoisotopic (exact) mass is 294 g/mol. The third-order valence-corrected chi connectivity index (χ3v) is 3.59. The molecule has 0 bridgehead atoms. The van der Waals surface area contributed by atoms with Crippen LogP contribution in [0.25, 0.3) is 0 Å². The second-order valence-electron chi connectivity index (χ2n) is 5.34. The number of carbonyl (C=O) groups is 1. The van der Waals surface area contributed by atoms with Gasteiger partial charge in [0.25, 0.3) is 0 Å². The summed E-state index contributed by atoms with van der Waals surface area (Å²) in [6.45, 7) is 5.97. The summed E-state index contributed by atoms with van der Waals surface area (Å²) < 4.78 is 18.5. The lowest BCUT2D eigenvalue weighted by Crippen LogP contribution is -2.32. The molecular weight excluding hydrogens is 271 g/mol. The van der Waals surface area contributed by atoms with E-state index >= 15 is 0 Å². The average molecular weight is 294 g/mol. The summed E-state index contributed by atoms with van der Waals surface area (Å²) in [5, 5.41) is 3.25. The first kappa shape index (κ1) is 15.9. The number of carbonyl (C=O) groups excluding carboxylic acids is 1. The Morgan fingerprint density at radius 3 is 2.67 bits per heavy atom. The molecule has 1 N–H and O–H groups in total. The largest absolute Gasteiger partial charge is 0.381 e. The van der Waals surface area contributed by atoms with Crippen molar-refractivity contribution in [3.8, 4) is 0 Å². The SMILES string of the molecule is CCCOCCCN1C(=O)C(C)NC1c1ccc(F)cc1. The molecule has 5 heteroatoms. The number of ether oxygens (including phenoxy) is 1. The molecule has 1 aromatic rings. The van der Waals surface area contributed by atoms with E-state index < -0.39 is 0 Å². The quantitative estimate of drug-likeness (QED) is 0.785. The van der Waals surface area contributed by atoms with Crippen molar-refractivity contribution in [2.75, 3.05) is 19.8 Å².